The number of hydrogen-bond donors (Lipinski definition) is 1. The summed E-state index contributed by atoms with van der Waals surface area (Å²) >= 11 is 1.55. The second kappa shape index (κ2) is 8.02. The maximum Gasteiger partial charge on any atom is 0.246 e. The van der Waals surface area contributed by atoms with E-state index in [1.54, 1.807) is 11.3 Å². The van der Waals surface area contributed by atoms with Gasteiger partial charge in [0, 0.05) is 5.38 Å². The molecule has 1 aromatic carbocycles. The first-order valence-corrected chi connectivity index (χ1v) is 8.65. The number of nitrogens with one attached hydrogen (secondary N) is 1. The number of amides is 1. The van der Waals surface area contributed by atoms with E-state index < -0.39 is 0 Å². The van der Waals surface area contributed by atoms with Crippen molar-refractivity contribution in [3.8, 4) is 0 Å². The van der Waals surface area contributed by atoms with E-state index in [4.69, 9.17) is 0 Å². The zero-order chi connectivity index (χ0) is 16.8. The molecular weight excluding hydrogens is 306 g/mol. The van der Waals surface area contributed by atoms with Crippen molar-refractivity contribution >= 4 is 23.0 Å². The van der Waals surface area contributed by atoms with Gasteiger partial charge in [-0.1, -0.05) is 38.1 Å². The molecule has 0 saturated carbocycles. The van der Waals surface area contributed by atoms with Gasteiger partial charge in [-0.2, -0.15) is 5.10 Å². The summed E-state index contributed by atoms with van der Waals surface area (Å²) in [6.45, 7) is 8.24. The van der Waals surface area contributed by atoms with Crippen molar-refractivity contribution in [1.29, 1.82) is 0 Å². The predicted octanol–water partition coefficient (Wildman–Crippen LogP) is 3.73. The van der Waals surface area contributed by atoms with Gasteiger partial charge in [0.15, 0.2) is 0 Å². The van der Waals surface area contributed by atoms with Crippen LogP contribution in [0.5, 0.6) is 0 Å². The molecule has 1 amide bonds. The van der Waals surface area contributed by atoms with Crippen LogP contribution in [0.15, 0.2) is 34.7 Å². The molecule has 1 aromatic heterocycles. The largest absolute Gasteiger partial charge is 0.273 e. The van der Waals surface area contributed by atoms with E-state index >= 15 is 0 Å². The zero-order valence-corrected chi connectivity index (χ0v) is 14.9. The lowest BCUT2D eigenvalue weighted by atomic mass is 10.0. The first kappa shape index (κ1) is 17.3. The van der Waals surface area contributed by atoms with Gasteiger partial charge in [0.1, 0.15) is 0 Å². The van der Waals surface area contributed by atoms with Crippen LogP contribution in [0.1, 0.15) is 42.6 Å². The molecule has 2 rings (SSSR count). The van der Waals surface area contributed by atoms with Crippen molar-refractivity contribution in [2.45, 2.75) is 40.5 Å². The minimum atomic E-state index is -0.147. The standard InChI is InChI=1S/C18H23N3OS/c1-12(2)9-15-5-7-16(8-6-15)13(3)20-21-18(22)10-17-11-23-14(4)19-17/h5-8,11-12H,9-10H2,1-4H3,(H,21,22)/b20-13-. The molecule has 0 atom stereocenters. The molecule has 23 heavy (non-hydrogen) atoms. The van der Waals surface area contributed by atoms with Gasteiger partial charge < -0.3 is 0 Å². The van der Waals surface area contributed by atoms with Crippen molar-refractivity contribution in [1.82, 2.24) is 10.4 Å². The average Bonchev–Trinajstić information content (AvgIpc) is 2.90. The number of rotatable bonds is 6. The molecule has 5 heteroatoms. The van der Waals surface area contributed by atoms with Gasteiger partial charge in [-0.25, -0.2) is 10.4 Å². The average molecular weight is 329 g/mol. The molecule has 0 bridgehead atoms. The van der Waals surface area contributed by atoms with E-state index in [1.807, 2.05) is 31.4 Å². The molecule has 0 spiro atoms. The van der Waals surface area contributed by atoms with Gasteiger partial charge in [0.2, 0.25) is 5.91 Å². The quantitative estimate of drug-likeness (QED) is 0.648. The summed E-state index contributed by atoms with van der Waals surface area (Å²) in [7, 11) is 0. The van der Waals surface area contributed by atoms with Crippen molar-refractivity contribution in [3.05, 3.63) is 51.5 Å². The minimum Gasteiger partial charge on any atom is -0.273 e. The van der Waals surface area contributed by atoms with E-state index in [0.717, 1.165) is 28.4 Å². The number of carbonyl (C=O) groups excluding carboxylic acids is 1. The fraction of sp³-hybridized carbons (Fsp3) is 0.389. The van der Waals surface area contributed by atoms with E-state index in [-0.39, 0.29) is 12.3 Å². The van der Waals surface area contributed by atoms with Gasteiger partial charge in [-0.05, 0) is 37.3 Å². The van der Waals surface area contributed by atoms with Crippen LogP contribution in [0, 0.1) is 12.8 Å². The molecule has 0 aliphatic heterocycles. The Balaban J connectivity index is 1.92. The number of hydrazone groups is 1. The normalized spacial score (nSPS) is 11.8. The molecule has 1 heterocycles. The molecule has 2 aromatic rings. The summed E-state index contributed by atoms with van der Waals surface area (Å²) in [5, 5.41) is 7.05. The van der Waals surface area contributed by atoms with Gasteiger partial charge >= 0.3 is 0 Å². The van der Waals surface area contributed by atoms with Crippen LogP contribution in [-0.4, -0.2) is 16.6 Å². The maximum atomic E-state index is 11.9. The molecule has 0 fully saturated rings. The highest BCUT2D eigenvalue weighted by atomic mass is 32.1. The second-order valence-corrected chi connectivity index (χ2v) is 7.12. The molecule has 4 nitrogen and oxygen atoms in total. The lowest BCUT2D eigenvalue weighted by Gasteiger charge is -2.06. The first-order valence-electron chi connectivity index (χ1n) is 7.77. The SMILES string of the molecule is C/C(=N/NC(=O)Cc1csc(C)n1)c1ccc(CC(C)C)cc1. The van der Waals surface area contributed by atoms with Crippen LogP contribution >= 0.6 is 11.3 Å². The number of aromatic nitrogens is 1. The predicted molar refractivity (Wildman–Crippen MR) is 95.9 cm³/mol. The number of hydrogen-bond acceptors (Lipinski definition) is 4. The van der Waals surface area contributed by atoms with Gasteiger partial charge in [0.05, 0.1) is 22.8 Å². The molecule has 0 unspecified atom stereocenters. The van der Waals surface area contributed by atoms with E-state index in [2.05, 4.69) is 41.5 Å². The third kappa shape index (κ3) is 5.60. The fourth-order valence-electron chi connectivity index (χ4n) is 2.26. The highest BCUT2D eigenvalue weighted by molar-refractivity contribution is 7.09. The van der Waals surface area contributed by atoms with Crippen LogP contribution in [0.4, 0.5) is 0 Å². The molecular formula is C18H23N3OS. The van der Waals surface area contributed by atoms with Crippen LogP contribution in [0.3, 0.4) is 0 Å². The Labute approximate surface area is 141 Å². The third-order valence-corrected chi connectivity index (χ3v) is 4.19. The fourth-order valence-corrected chi connectivity index (χ4v) is 2.87. The molecule has 0 aliphatic rings. The molecule has 0 saturated heterocycles. The maximum absolute atomic E-state index is 11.9. The highest BCUT2D eigenvalue weighted by Crippen LogP contribution is 2.11. The highest BCUT2D eigenvalue weighted by Gasteiger charge is 2.06. The number of carbonyl (C=O) groups is 1. The molecule has 0 radical (unpaired) electrons. The van der Waals surface area contributed by atoms with E-state index in [0.29, 0.717) is 5.92 Å². The van der Waals surface area contributed by atoms with Gasteiger partial charge in [-0.3, -0.25) is 4.79 Å². The summed E-state index contributed by atoms with van der Waals surface area (Å²) < 4.78 is 0. The number of aryl methyl sites for hydroxylation is 1. The summed E-state index contributed by atoms with van der Waals surface area (Å²) in [5.74, 6) is 0.496. The third-order valence-electron chi connectivity index (χ3n) is 3.37. The summed E-state index contributed by atoms with van der Waals surface area (Å²) in [5.41, 5.74) is 6.52. The van der Waals surface area contributed by atoms with Crippen LogP contribution in [0.25, 0.3) is 0 Å². The monoisotopic (exact) mass is 329 g/mol. The smallest absolute Gasteiger partial charge is 0.246 e. The van der Waals surface area contributed by atoms with Crippen molar-refractivity contribution < 1.29 is 4.79 Å². The summed E-state index contributed by atoms with van der Waals surface area (Å²) in [6.07, 6.45) is 1.33. The number of thiazole rings is 1. The molecule has 122 valence electrons. The zero-order valence-electron chi connectivity index (χ0n) is 14.1. The Morgan fingerprint density at radius 1 is 1.30 bits per heavy atom. The Hall–Kier alpha value is -2.01. The first-order chi connectivity index (χ1) is 10.9. The summed E-state index contributed by atoms with van der Waals surface area (Å²) in [4.78, 5) is 16.2. The Bertz CT molecular complexity index is 687. The van der Waals surface area contributed by atoms with Crippen molar-refractivity contribution in [2.24, 2.45) is 11.0 Å². The van der Waals surface area contributed by atoms with Gasteiger partial charge in [0.25, 0.3) is 0 Å². The van der Waals surface area contributed by atoms with Gasteiger partial charge in [-0.15, -0.1) is 11.3 Å². The van der Waals surface area contributed by atoms with Crippen molar-refractivity contribution in [3.63, 3.8) is 0 Å². The van der Waals surface area contributed by atoms with Crippen LogP contribution in [0.2, 0.25) is 0 Å². The Morgan fingerprint density at radius 3 is 2.57 bits per heavy atom. The molecule has 1 N–H and O–H groups in total. The Kier molecular flexibility index (Phi) is 6.04. The van der Waals surface area contributed by atoms with E-state index in [1.165, 1.54) is 5.56 Å². The topological polar surface area (TPSA) is 54.4 Å². The van der Waals surface area contributed by atoms with Crippen LogP contribution in [-0.2, 0) is 17.6 Å². The Morgan fingerprint density at radius 2 is 2.00 bits per heavy atom. The summed E-state index contributed by atoms with van der Waals surface area (Å²) in [6, 6.07) is 8.33. The number of benzene rings is 1. The lowest BCUT2D eigenvalue weighted by Crippen LogP contribution is -2.21. The number of nitrogens with zero attached hydrogens (tertiary/aromatic N) is 2. The second-order valence-electron chi connectivity index (χ2n) is 6.06. The van der Waals surface area contributed by atoms with Crippen molar-refractivity contribution in [2.75, 3.05) is 0 Å². The van der Waals surface area contributed by atoms with Crippen LogP contribution < -0.4 is 5.43 Å². The molecule has 0 aliphatic carbocycles. The van der Waals surface area contributed by atoms with E-state index in [9.17, 15) is 4.79 Å². The minimum absolute atomic E-state index is 0.147. The lowest BCUT2D eigenvalue weighted by molar-refractivity contribution is -0.120.